The topological polar surface area (TPSA) is 88.9 Å². The molecule has 1 atom stereocenters. The molecular formula is C13H12ClN5O2. The molecule has 7 nitrogen and oxygen atoms in total. The molecule has 1 aromatic carbocycles. The lowest BCUT2D eigenvalue weighted by atomic mass is 10.0. The number of hydrogen-bond acceptors (Lipinski definition) is 4. The highest BCUT2D eigenvalue weighted by Gasteiger charge is 2.29. The lowest BCUT2D eigenvalue weighted by Crippen LogP contribution is -2.36. The summed E-state index contributed by atoms with van der Waals surface area (Å²) in [4.78, 5) is 27.8. The zero-order valence-electron chi connectivity index (χ0n) is 10.9. The Balaban J connectivity index is 1.64. The van der Waals surface area contributed by atoms with E-state index in [1.165, 1.54) is 6.33 Å². The van der Waals surface area contributed by atoms with Crippen LogP contribution >= 0.6 is 11.6 Å². The molecule has 108 valence electrons. The number of aromatic nitrogens is 3. The second-order valence-corrected chi connectivity index (χ2v) is 5.15. The molecule has 8 heteroatoms. The maximum absolute atomic E-state index is 12.0. The number of amides is 2. The van der Waals surface area contributed by atoms with Crippen molar-refractivity contribution in [3.8, 4) is 0 Å². The Labute approximate surface area is 125 Å². The van der Waals surface area contributed by atoms with Crippen LogP contribution in [0.4, 0.5) is 11.6 Å². The van der Waals surface area contributed by atoms with Crippen LogP contribution in [0.5, 0.6) is 0 Å². The van der Waals surface area contributed by atoms with Gasteiger partial charge in [-0.2, -0.15) is 10.1 Å². The van der Waals surface area contributed by atoms with E-state index in [0.29, 0.717) is 23.2 Å². The Kier molecular flexibility index (Phi) is 3.57. The average molecular weight is 306 g/mol. The standard InChI is InChI=1S/C13H12ClN5O2/c14-9-2-1-3-10(5-9)17-11(20)4-8-6-19-13(15-7-16-19)18-12(8)21/h1-3,5,7-8H,4,6H2,(H,17,20)(H,15,16,18,21)/t8-/m1/s1. The van der Waals surface area contributed by atoms with E-state index in [1.807, 2.05) is 0 Å². The third-order valence-electron chi connectivity index (χ3n) is 3.15. The van der Waals surface area contributed by atoms with Crippen molar-refractivity contribution in [1.29, 1.82) is 0 Å². The first-order valence-electron chi connectivity index (χ1n) is 6.36. The molecule has 0 spiro atoms. The Morgan fingerprint density at radius 2 is 2.38 bits per heavy atom. The summed E-state index contributed by atoms with van der Waals surface area (Å²) in [7, 11) is 0. The van der Waals surface area contributed by atoms with Gasteiger partial charge in [-0.25, -0.2) is 4.68 Å². The normalized spacial score (nSPS) is 17.0. The van der Waals surface area contributed by atoms with Crippen molar-refractivity contribution in [3.05, 3.63) is 35.6 Å². The SMILES string of the molecule is O=C(C[C@@H]1Cn2ncnc2NC1=O)Nc1cccc(Cl)c1. The molecule has 0 radical (unpaired) electrons. The van der Waals surface area contributed by atoms with E-state index >= 15 is 0 Å². The molecule has 21 heavy (non-hydrogen) atoms. The molecule has 1 aliphatic heterocycles. The summed E-state index contributed by atoms with van der Waals surface area (Å²) < 4.78 is 1.57. The number of halogens is 1. The first-order valence-corrected chi connectivity index (χ1v) is 6.74. The van der Waals surface area contributed by atoms with E-state index in [1.54, 1.807) is 28.9 Å². The van der Waals surface area contributed by atoms with Gasteiger partial charge in [-0.05, 0) is 18.2 Å². The van der Waals surface area contributed by atoms with Crippen molar-refractivity contribution in [1.82, 2.24) is 14.8 Å². The molecule has 2 heterocycles. The van der Waals surface area contributed by atoms with Gasteiger partial charge in [0.05, 0.1) is 12.5 Å². The quantitative estimate of drug-likeness (QED) is 0.900. The van der Waals surface area contributed by atoms with Gasteiger partial charge in [-0.1, -0.05) is 17.7 Å². The van der Waals surface area contributed by atoms with Gasteiger partial charge in [-0.15, -0.1) is 0 Å². The summed E-state index contributed by atoms with van der Waals surface area (Å²) in [5.41, 5.74) is 0.602. The number of fused-ring (bicyclic) bond motifs is 1. The highest BCUT2D eigenvalue weighted by molar-refractivity contribution is 6.30. The second-order valence-electron chi connectivity index (χ2n) is 4.71. The summed E-state index contributed by atoms with van der Waals surface area (Å²) in [5.74, 6) is -0.539. The van der Waals surface area contributed by atoms with Crippen LogP contribution in [0.25, 0.3) is 0 Å². The molecule has 1 aliphatic rings. The van der Waals surface area contributed by atoms with Crippen LogP contribution in [-0.4, -0.2) is 26.6 Å². The van der Waals surface area contributed by atoms with Crippen LogP contribution < -0.4 is 10.6 Å². The van der Waals surface area contributed by atoms with Crippen LogP contribution in [0, 0.1) is 5.92 Å². The average Bonchev–Trinajstić information content (AvgIpc) is 2.86. The maximum atomic E-state index is 12.0. The van der Waals surface area contributed by atoms with E-state index in [9.17, 15) is 9.59 Å². The van der Waals surface area contributed by atoms with Crippen molar-refractivity contribution < 1.29 is 9.59 Å². The van der Waals surface area contributed by atoms with Crippen molar-refractivity contribution in [2.45, 2.75) is 13.0 Å². The van der Waals surface area contributed by atoms with E-state index in [4.69, 9.17) is 11.6 Å². The highest BCUT2D eigenvalue weighted by Crippen LogP contribution is 2.20. The molecule has 0 fully saturated rings. The molecule has 2 N–H and O–H groups in total. The fourth-order valence-electron chi connectivity index (χ4n) is 2.16. The van der Waals surface area contributed by atoms with Gasteiger partial charge >= 0.3 is 0 Å². The number of benzene rings is 1. The number of carbonyl (C=O) groups excluding carboxylic acids is 2. The van der Waals surface area contributed by atoms with Crippen LogP contribution in [-0.2, 0) is 16.1 Å². The summed E-state index contributed by atoms with van der Waals surface area (Å²) in [6.45, 7) is 0.337. The summed E-state index contributed by atoms with van der Waals surface area (Å²) >= 11 is 5.85. The number of nitrogens with zero attached hydrogens (tertiary/aromatic N) is 3. The third-order valence-corrected chi connectivity index (χ3v) is 3.39. The maximum Gasteiger partial charge on any atom is 0.232 e. The zero-order valence-corrected chi connectivity index (χ0v) is 11.7. The van der Waals surface area contributed by atoms with Crippen LogP contribution in [0.1, 0.15) is 6.42 Å². The lowest BCUT2D eigenvalue weighted by Gasteiger charge is -2.21. The van der Waals surface area contributed by atoms with Crippen molar-refractivity contribution in [2.75, 3.05) is 10.6 Å². The van der Waals surface area contributed by atoms with E-state index < -0.39 is 5.92 Å². The molecule has 2 aromatic rings. The van der Waals surface area contributed by atoms with Crippen LogP contribution in [0.3, 0.4) is 0 Å². The summed E-state index contributed by atoms with van der Waals surface area (Å²) in [6, 6.07) is 6.85. The Morgan fingerprint density at radius 3 is 3.19 bits per heavy atom. The molecule has 0 aliphatic carbocycles. The van der Waals surface area contributed by atoms with Crippen molar-refractivity contribution in [3.63, 3.8) is 0 Å². The summed E-state index contributed by atoms with van der Waals surface area (Å²) in [6.07, 6.45) is 1.43. The van der Waals surface area contributed by atoms with Gasteiger partial charge in [-0.3, -0.25) is 14.9 Å². The third kappa shape index (κ3) is 3.03. The van der Waals surface area contributed by atoms with E-state index in [0.717, 1.165) is 0 Å². The Morgan fingerprint density at radius 1 is 1.52 bits per heavy atom. The van der Waals surface area contributed by atoms with Crippen LogP contribution in [0.15, 0.2) is 30.6 Å². The predicted octanol–water partition coefficient (Wildman–Crippen LogP) is 1.53. The fraction of sp³-hybridized carbons (Fsp3) is 0.231. The van der Waals surface area contributed by atoms with E-state index in [2.05, 4.69) is 20.7 Å². The van der Waals surface area contributed by atoms with Crippen molar-refractivity contribution in [2.24, 2.45) is 5.92 Å². The fourth-order valence-corrected chi connectivity index (χ4v) is 2.35. The Bertz CT molecular complexity index is 699. The minimum absolute atomic E-state index is 0.0671. The number of nitrogens with one attached hydrogen (secondary N) is 2. The van der Waals surface area contributed by atoms with Gasteiger partial charge in [0.2, 0.25) is 17.8 Å². The van der Waals surface area contributed by atoms with Crippen molar-refractivity contribution >= 4 is 35.1 Å². The molecule has 0 unspecified atom stereocenters. The Hall–Kier alpha value is -2.41. The largest absolute Gasteiger partial charge is 0.326 e. The number of hydrogen-bond donors (Lipinski definition) is 2. The molecule has 0 saturated carbocycles. The molecule has 3 rings (SSSR count). The smallest absolute Gasteiger partial charge is 0.232 e. The first-order chi connectivity index (χ1) is 10.1. The minimum Gasteiger partial charge on any atom is -0.326 e. The molecular weight excluding hydrogens is 294 g/mol. The van der Waals surface area contributed by atoms with E-state index in [-0.39, 0.29) is 18.2 Å². The minimum atomic E-state index is -0.474. The van der Waals surface area contributed by atoms with Gasteiger partial charge in [0.15, 0.2) is 0 Å². The van der Waals surface area contributed by atoms with Crippen LogP contribution in [0.2, 0.25) is 5.02 Å². The second kappa shape index (κ2) is 5.53. The predicted molar refractivity (Wildman–Crippen MR) is 76.8 cm³/mol. The monoisotopic (exact) mass is 305 g/mol. The van der Waals surface area contributed by atoms with Gasteiger partial charge in [0.25, 0.3) is 0 Å². The van der Waals surface area contributed by atoms with Gasteiger partial charge in [0.1, 0.15) is 6.33 Å². The first kappa shape index (κ1) is 13.6. The number of anilines is 2. The highest BCUT2D eigenvalue weighted by atomic mass is 35.5. The molecule has 0 bridgehead atoms. The molecule has 1 aromatic heterocycles. The summed E-state index contributed by atoms with van der Waals surface area (Å²) in [5, 5.41) is 9.86. The molecule has 2 amide bonds. The van der Waals surface area contributed by atoms with Gasteiger partial charge < -0.3 is 5.32 Å². The number of carbonyl (C=O) groups is 2. The zero-order chi connectivity index (χ0) is 14.8. The lowest BCUT2D eigenvalue weighted by molar-refractivity contribution is -0.125. The molecule has 0 saturated heterocycles. The number of rotatable bonds is 3. The van der Waals surface area contributed by atoms with Gasteiger partial charge in [0, 0.05) is 17.1 Å².